The molecule has 1 aromatic heterocycles. The first-order valence-electron chi connectivity index (χ1n) is 10.8. The van der Waals surface area contributed by atoms with Crippen LogP contribution in [0.15, 0.2) is 60.7 Å². The molecule has 5 nitrogen and oxygen atoms in total. The third kappa shape index (κ3) is 3.80. The molecular formula is C25H26N4O. The van der Waals surface area contributed by atoms with Crippen LogP contribution >= 0.6 is 0 Å². The fourth-order valence-corrected chi connectivity index (χ4v) is 4.40. The molecular weight excluding hydrogens is 372 g/mol. The summed E-state index contributed by atoms with van der Waals surface area (Å²) in [6.45, 7) is 3.36. The number of aromatic nitrogens is 2. The van der Waals surface area contributed by atoms with Crippen LogP contribution in [0.1, 0.15) is 29.7 Å². The number of amides is 1. The lowest BCUT2D eigenvalue weighted by molar-refractivity contribution is -0.131. The topological polar surface area (TPSA) is 49.3 Å². The molecule has 2 aromatic carbocycles. The van der Waals surface area contributed by atoms with Crippen molar-refractivity contribution in [2.45, 2.75) is 32.2 Å². The zero-order valence-electron chi connectivity index (χ0n) is 17.1. The SMILES string of the molecule is O=C(Cc1ccccc1)N1CCc2nc(-c3ccccc3)nc(N3CCCC3)c2C1. The molecule has 30 heavy (non-hydrogen) atoms. The molecule has 0 saturated carbocycles. The summed E-state index contributed by atoms with van der Waals surface area (Å²) in [6, 6.07) is 20.2. The van der Waals surface area contributed by atoms with Crippen molar-refractivity contribution in [2.24, 2.45) is 0 Å². The summed E-state index contributed by atoms with van der Waals surface area (Å²) >= 11 is 0. The molecule has 0 spiro atoms. The first-order chi connectivity index (χ1) is 14.8. The van der Waals surface area contributed by atoms with Gasteiger partial charge in [0, 0.05) is 37.2 Å². The van der Waals surface area contributed by atoms with Gasteiger partial charge < -0.3 is 9.80 Å². The monoisotopic (exact) mass is 398 g/mol. The molecule has 0 aliphatic carbocycles. The van der Waals surface area contributed by atoms with E-state index in [1.165, 1.54) is 12.8 Å². The third-order valence-corrected chi connectivity index (χ3v) is 6.03. The summed E-state index contributed by atoms with van der Waals surface area (Å²) in [4.78, 5) is 27.2. The number of carbonyl (C=O) groups is 1. The summed E-state index contributed by atoms with van der Waals surface area (Å²) in [7, 11) is 0. The smallest absolute Gasteiger partial charge is 0.227 e. The van der Waals surface area contributed by atoms with Crippen molar-refractivity contribution in [3.8, 4) is 11.4 Å². The molecule has 5 rings (SSSR count). The molecule has 0 bridgehead atoms. The predicted molar refractivity (Wildman–Crippen MR) is 118 cm³/mol. The Morgan fingerprint density at radius 1 is 0.867 bits per heavy atom. The van der Waals surface area contributed by atoms with Crippen LogP contribution in [0.4, 0.5) is 5.82 Å². The van der Waals surface area contributed by atoms with Crippen molar-refractivity contribution >= 4 is 11.7 Å². The van der Waals surface area contributed by atoms with Crippen LogP contribution in [0, 0.1) is 0 Å². The van der Waals surface area contributed by atoms with Gasteiger partial charge in [-0.15, -0.1) is 0 Å². The summed E-state index contributed by atoms with van der Waals surface area (Å²) in [5.41, 5.74) is 4.32. The van der Waals surface area contributed by atoms with Gasteiger partial charge in [-0.2, -0.15) is 0 Å². The van der Waals surface area contributed by atoms with Crippen molar-refractivity contribution < 1.29 is 4.79 Å². The average Bonchev–Trinajstić information content (AvgIpc) is 3.34. The number of benzene rings is 2. The van der Waals surface area contributed by atoms with E-state index in [-0.39, 0.29) is 5.91 Å². The second-order valence-electron chi connectivity index (χ2n) is 8.08. The van der Waals surface area contributed by atoms with Gasteiger partial charge in [0.1, 0.15) is 5.82 Å². The number of carbonyl (C=O) groups excluding carboxylic acids is 1. The highest BCUT2D eigenvalue weighted by atomic mass is 16.2. The summed E-state index contributed by atoms with van der Waals surface area (Å²) in [5, 5.41) is 0. The minimum absolute atomic E-state index is 0.173. The van der Waals surface area contributed by atoms with Gasteiger partial charge in [-0.1, -0.05) is 60.7 Å². The summed E-state index contributed by atoms with van der Waals surface area (Å²) in [5.74, 6) is 1.99. The van der Waals surface area contributed by atoms with Gasteiger partial charge in [0.2, 0.25) is 5.91 Å². The van der Waals surface area contributed by atoms with Crippen molar-refractivity contribution in [1.29, 1.82) is 0 Å². The lowest BCUT2D eigenvalue weighted by atomic mass is 10.0. The van der Waals surface area contributed by atoms with E-state index in [1.807, 2.05) is 53.4 Å². The molecule has 0 atom stereocenters. The Morgan fingerprint density at radius 3 is 2.30 bits per heavy atom. The second kappa shape index (κ2) is 8.27. The van der Waals surface area contributed by atoms with Crippen LogP contribution in [0.25, 0.3) is 11.4 Å². The van der Waals surface area contributed by atoms with Crippen molar-refractivity contribution in [3.05, 3.63) is 77.5 Å². The highest BCUT2D eigenvalue weighted by molar-refractivity contribution is 5.79. The molecule has 3 heterocycles. The Labute approximate surface area is 177 Å². The molecule has 3 aromatic rings. The van der Waals surface area contributed by atoms with E-state index >= 15 is 0 Å². The van der Waals surface area contributed by atoms with E-state index in [9.17, 15) is 4.79 Å². The van der Waals surface area contributed by atoms with Gasteiger partial charge in [0.05, 0.1) is 18.7 Å². The number of fused-ring (bicyclic) bond motifs is 1. The maximum absolute atomic E-state index is 13.0. The van der Waals surface area contributed by atoms with Crippen LogP contribution in [0.2, 0.25) is 0 Å². The van der Waals surface area contributed by atoms with Crippen molar-refractivity contribution in [2.75, 3.05) is 24.5 Å². The molecule has 1 fully saturated rings. The minimum atomic E-state index is 0.173. The molecule has 0 unspecified atom stereocenters. The molecule has 0 N–H and O–H groups in total. The molecule has 1 saturated heterocycles. The number of anilines is 1. The highest BCUT2D eigenvalue weighted by Crippen LogP contribution is 2.31. The highest BCUT2D eigenvalue weighted by Gasteiger charge is 2.28. The Balaban J connectivity index is 1.46. The molecule has 2 aliphatic heterocycles. The third-order valence-electron chi connectivity index (χ3n) is 6.03. The van der Waals surface area contributed by atoms with E-state index in [2.05, 4.69) is 17.0 Å². The van der Waals surface area contributed by atoms with E-state index in [4.69, 9.17) is 9.97 Å². The van der Waals surface area contributed by atoms with Gasteiger partial charge in [0.25, 0.3) is 0 Å². The van der Waals surface area contributed by atoms with Gasteiger partial charge in [0.15, 0.2) is 5.82 Å². The van der Waals surface area contributed by atoms with E-state index < -0.39 is 0 Å². The summed E-state index contributed by atoms with van der Waals surface area (Å²) < 4.78 is 0. The van der Waals surface area contributed by atoms with Gasteiger partial charge in [-0.3, -0.25) is 4.79 Å². The number of hydrogen-bond donors (Lipinski definition) is 0. The molecule has 0 radical (unpaired) electrons. The predicted octanol–water partition coefficient (Wildman–Crippen LogP) is 3.87. The van der Waals surface area contributed by atoms with Gasteiger partial charge in [-0.05, 0) is 18.4 Å². The average molecular weight is 399 g/mol. The van der Waals surface area contributed by atoms with E-state index in [0.717, 1.165) is 53.5 Å². The molecule has 152 valence electrons. The number of rotatable bonds is 4. The number of hydrogen-bond acceptors (Lipinski definition) is 4. The number of nitrogens with zero attached hydrogens (tertiary/aromatic N) is 4. The first kappa shape index (κ1) is 18.8. The van der Waals surface area contributed by atoms with Crippen LogP contribution in [-0.4, -0.2) is 40.4 Å². The Morgan fingerprint density at radius 2 is 1.57 bits per heavy atom. The Kier molecular flexibility index (Phi) is 5.18. The first-order valence-corrected chi connectivity index (χ1v) is 10.8. The van der Waals surface area contributed by atoms with Crippen molar-refractivity contribution in [1.82, 2.24) is 14.9 Å². The lowest BCUT2D eigenvalue weighted by Gasteiger charge is -2.32. The molecule has 1 amide bonds. The quantitative estimate of drug-likeness (QED) is 0.669. The van der Waals surface area contributed by atoms with Crippen LogP contribution in [0.5, 0.6) is 0 Å². The van der Waals surface area contributed by atoms with Gasteiger partial charge >= 0.3 is 0 Å². The summed E-state index contributed by atoms with van der Waals surface area (Å²) in [6.07, 6.45) is 3.60. The van der Waals surface area contributed by atoms with E-state index in [1.54, 1.807) is 0 Å². The maximum atomic E-state index is 13.0. The lowest BCUT2D eigenvalue weighted by Crippen LogP contribution is -2.38. The Hall–Kier alpha value is -3.21. The van der Waals surface area contributed by atoms with Crippen LogP contribution in [-0.2, 0) is 24.2 Å². The fourth-order valence-electron chi connectivity index (χ4n) is 4.40. The van der Waals surface area contributed by atoms with Crippen molar-refractivity contribution in [3.63, 3.8) is 0 Å². The second-order valence-corrected chi connectivity index (χ2v) is 8.08. The van der Waals surface area contributed by atoms with E-state index in [0.29, 0.717) is 19.5 Å². The fraction of sp³-hybridized carbons (Fsp3) is 0.320. The molecule has 5 heteroatoms. The normalized spacial score (nSPS) is 15.9. The molecule has 2 aliphatic rings. The minimum Gasteiger partial charge on any atom is -0.356 e. The zero-order chi connectivity index (χ0) is 20.3. The standard InChI is InChI=1S/C25H26N4O/c30-23(17-19-9-3-1-4-10-19)29-16-13-22-21(18-29)25(28-14-7-8-15-28)27-24(26-22)20-11-5-2-6-12-20/h1-6,9-12H,7-8,13-18H2. The zero-order valence-corrected chi connectivity index (χ0v) is 17.1. The Bertz CT molecular complexity index is 1030. The van der Waals surface area contributed by atoms with Gasteiger partial charge in [-0.25, -0.2) is 9.97 Å². The van der Waals surface area contributed by atoms with Crippen LogP contribution in [0.3, 0.4) is 0 Å². The maximum Gasteiger partial charge on any atom is 0.227 e. The largest absolute Gasteiger partial charge is 0.356 e. The van der Waals surface area contributed by atoms with Crippen LogP contribution < -0.4 is 4.90 Å².